The van der Waals surface area contributed by atoms with E-state index in [-0.39, 0.29) is 24.1 Å². The molecule has 0 saturated carbocycles. The van der Waals surface area contributed by atoms with Crippen LogP contribution in [-0.2, 0) is 4.79 Å². The van der Waals surface area contributed by atoms with Gasteiger partial charge in [0.1, 0.15) is 19.0 Å². The average Bonchev–Trinajstić information content (AvgIpc) is 3.22. The van der Waals surface area contributed by atoms with Crippen molar-refractivity contribution in [2.24, 2.45) is 0 Å². The van der Waals surface area contributed by atoms with E-state index >= 15 is 0 Å². The molecule has 1 fully saturated rings. The summed E-state index contributed by atoms with van der Waals surface area (Å²) < 4.78 is 24.9. The van der Waals surface area contributed by atoms with Crippen molar-refractivity contribution >= 4 is 11.8 Å². The van der Waals surface area contributed by atoms with Gasteiger partial charge in [0, 0.05) is 6.54 Å². The van der Waals surface area contributed by atoms with Crippen molar-refractivity contribution in [3.05, 3.63) is 59.4 Å². The predicted octanol–water partition coefficient (Wildman–Crippen LogP) is 2.69. The zero-order chi connectivity index (χ0) is 19.5. The minimum Gasteiger partial charge on any atom is -0.486 e. The van der Waals surface area contributed by atoms with Gasteiger partial charge in [0.25, 0.3) is 5.91 Å². The normalized spacial score (nSPS) is 18.0. The van der Waals surface area contributed by atoms with Gasteiger partial charge in [-0.3, -0.25) is 9.59 Å². The number of hydrogen-bond acceptors (Lipinski definition) is 4. The maximum absolute atomic E-state index is 13.7. The largest absolute Gasteiger partial charge is 0.486 e. The maximum atomic E-state index is 13.7. The van der Waals surface area contributed by atoms with Crippen LogP contribution in [0.15, 0.2) is 42.5 Å². The molecule has 146 valence electrons. The molecule has 2 heterocycles. The summed E-state index contributed by atoms with van der Waals surface area (Å²) in [4.78, 5) is 26.6. The summed E-state index contributed by atoms with van der Waals surface area (Å²) in [5.41, 5.74) is 0.913. The SMILES string of the molecule is O=C(NCC(=O)N1CCCC1c1ccc2c(c1)OCCO2)c1ccccc1F. The van der Waals surface area contributed by atoms with Crippen LogP contribution in [0.3, 0.4) is 0 Å². The van der Waals surface area contributed by atoms with E-state index in [2.05, 4.69) is 5.32 Å². The molecule has 2 aromatic carbocycles. The number of carbonyl (C=O) groups is 2. The first-order valence-electron chi connectivity index (χ1n) is 9.35. The average molecular weight is 384 g/mol. The van der Waals surface area contributed by atoms with E-state index in [0.29, 0.717) is 31.3 Å². The van der Waals surface area contributed by atoms with Crippen molar-refractivity contribution in [3.8, 4) is 11.5 Å². The van der Waals surface area contributed by atoms with Crippen LogP contribution < -0.4 is 14.8 Å². The Hall–Kier alpha value is -3.09. The quantitative estimate of drug-likeness (QED) is 0.880. The molecule has 2 aliphatic heterocycles. The zero-order valence-electron chi connectivity index (χ0n) is 15.3. The molecule has 0 bridgehead atoms. The maximum Gasteiger partial charge on any atom is 0.254 e. The molecule has 0 aliphatic carbocycles. The van der Waals surface area contributed by atoms with Crippen molar-refractivity contribution in [1.82, 2.24) is 10.2 Å². The standard InChI is InChI=1S/C21H21FN2O4/c22-16-5-2-1-4-15(16)21(26)23-13-20(25)24-9-3-6-17(24)14-7-8-18-19(12-14)28-11-10-27-18/h1-2,4-5,7-8,12,17H,3,6,9-11,13H2,(H,23,26). The second-order valence-electron chi connectivity index (χ2n) is 6.81. The lowest BCUT2D eigenvalue weighted by atomic mass is 10.0. The second kappa shape index (κ2) is 7.88. The summed E-state index contributed by atoms with van der Waals surface area (Å²) in [5.74, 6) is 0.00492. The fraction of sp³-hybridized carbons (Fsp3) is 0.333. The van der Waals surface area contributed by atoms with Gasteiger partial charge in [0.2, 0.25) is 5.91 Å². The Kier molecular flexibility index (Phi) is 5.14. The molecule has 4 rings (SSSR count). The minimum absolute atomic E-state index is 0.0693. The lowest BCUT2D eigenvalue weighted by Gasteiger charge is -2.27. The smallest absolute Gasteiger partial charge is 0.254 e. The topological polar surface area (TPSA) is 67.9 Å². The summed E-state index contributed by atoms with van der Waals surface area (Å²) in [6.07, 6.45) is 1.72. The van der Waals surface area contributed by atoms with E-state index in [1.807, 2.05) is 18.2 Å². The summed E-state index contributed by atoms with van der Waals surface area (Å²) in [6, 6.07) is 11.4. The molecule has 1 unspecified atom stereocenters. The fourth-order valence-corrected chi connectivity index (χ4v) is 3.68. The molecule has 2 aromatic rings. The number of likely N-dealkylation sites (tertiary alicyclic amines) is 1. The molecule has 0 radical (unpaired) electrons. The number of hydrogen-bond donors (Lipinski definition) is 1. The molecule has 0 aromatic heterocycles. The van der Waals surface area contributed by atoms with Gasteiger partial charge in [-0.05, 0) is 42.7 Å². The molecule has 7 heteroatoms. The van der Waals surface area contributed by atoms with Gasteiger partial charge in [0.05, 0.1) is 18.2 Å². The van der Waals surface area contributed by atoms with Crippen molar-refractivity contribution < 1.29 is 23.5 Å². The third kappa shape index (κ3) is 3.65. The van der Waals surface area contributed by atoms with Gasteiger partial charge >= 0.3 is 0 Å². The monoisotopic (exact) mass is 384 g/mol. The van der Waals surface area contributed by atoms with Gasteiger partial charge in [-0.2, -0.15) is 0 Å². The van der Waals surface area contributed by atoms with Crippen molar-refractivity contribution in [1.29, 1.82) is 0 Å². The Bertz CT molecular complexity index is 902. The van der Waals surface area contributed by atoms with E-state index < -0.39 is 11.7 Å². The molecule has 6 nitrogen and oxygen atoms in total. The number of carbonyl (C=O) groups excluding carboxylic acids is 2. The third-order valence-electron chi connectivity index (χ3n) is 5.04. The lowest BCUT2D eigenvalue weighted by Crippen LogP contribution is -2.40. The summed E-state index contributed by atoms with van der Waals surface area (Å²) in [6.45, 7) is 1.48. The van der Waals surface area contributed by atoms with Gasteiger partial charge < -0.3 is 19.7 Å². The first-order chi connectivity index (χ1) is 13.6. The van der Waals surface area contributed by atoms with Gasteiger partial charge in [0.15, 0.2) is 11.5 Å². The molecular weight excluding hydrogens is 363 g/mol. The highest BCUT2D eigenvalue weighted by atomic mass is 19.1. The Balaban J connectivity index is 1.42. The summed E-state index contributed by atoms with van der Waals surface area (Å²) in [5, 5.41) is 2.52. The Morgan fingerprint density at radius 2 is 1.89 bits per heavy atom. The highest BCUT2D eigenvalue weighted by Gasteiger charge is 2.31. The lowest BCUT2D eigenvalue weighted by molar-refractivity contribution is -0.131. The Morgan fingerprint density at radius 1 is 1.11 bits per heavy atom. The highest BCUT2D eigenvalue weighted by Crippen LogP contribution is 2.38. The summed E-state index contributed by atoms with van der Waals surface area (Å²) in [7, 11) is 0. The van der Waals surface area contributed by atoms with Crippen LogP contribution in [0.2, 0.25) is 0 Å². The molecular formula is C21H21FN2O4. The molecule has 1 atom stereocenters. The molecule has 28 heavy (non-hydrogen) atoms. The van der Waals surface area contributed by atoms with Crippen LogP contribution in [-0.4, -0.2) is 43.0 Å². The first-order valence-corrected chi connectivity index (χ1v) is 9.35. The van der Waals surface area contributed by atoms with Gasteiger partial charge in [-0.25, -0.2) is 4.39 Å². The number of nitrogens with zero attached hydrogens (tertiary/aromatic N) is 1. The van der Waals surface area contributed by atoms with Crippen LogP contribution in [0.25, 0.3) is 0 Å². The zero-order valence-corrected chi connectivity index (χ0v) is 15.3. The van der Waals surface area contributed by atoms with Crippen LogP contribution in [0.5, 0.6) is 11.5 Å². The molecule has 0 spiro atoms. The van der Waals surface area contributed by atoms with Crippen molar-refractivity contribution in [2.45, 2.75) is 18.9 Å². The van der Waals surface area contributed by atoms with Crippen molar-refractivity contribution in [2.75, 3.05) is 26.3 Å². The van der Waals surface area contributed by atoms with E-state index in [1.165, 1.54) is 18.2 Å². The van der Waals surface area contributed by atoms with E-state index in [4.69, 9.17) is 9.47 Å². The van der Waals surface area contributed by atoms with Gasteiger partial charge in [-0.1, -0.05) is 18.2 Å². The van der Waals surface area contributed by atoms with Crippen molar-refractivity contribution in [3.63, 3.8) is 0 Å². The number of ether oxygens (including phenoxy) is 2. The molecule has 1 saturated heterocycles. The molecule has 1 N–H and O–H groups in total. The number of halogens is 1. The van der Waals surface area contributed by atoms with Gasteiger partial charge in [-0.15, -0.1) is 0 Å². The Labute approximate surface area is 162 Å². The number of benzene rings is 2. The number of amides is 2. The second-order valence-corrected chi connectivity index (χ2v) is 6.81. The number of fused-ring (bicyclic) bond motifs is 1. The molecule has 2 aliphatic rings. The minimum atomic E-state index is -0.609. The first kappa shape index (κ1) is 18.3. The summed E-state index contributed by atoms with van der Waals surface area (Å²) >= 11 is 0. The Morgan fingerprint density at radius 3 is 2.71 bits per heavy atom. The number of rotatable bonds is 4. The van der Waals surface area contributed by atoms with Crippen LogP contribution in [0.4, 0.5) is 4.39 Å². The molecule has 2 amide bonds. The number of nitrogens with one attached hydrogen (secondary N) is 1. The highest BCUT2D eigenvalue weighted by molar-refractivity contribution is 5.96. The van der Waals surface area contributed by atoms with Crippen LogP contribution in [0, 0.1) is 5.82 Å². The predicted molar refractivity (Wildman–Crippen MR) is 99.9 cm³/mol. The van der Waals surface area contributed by atoms with Crippen LogP contribution >= 0.6 is 0 Å². The van der Waals surface area contributed by atoms with E-state index in [1.54, 1.807) is 11.0 Å². The third-order valence-corrected chi connectivity index (χ3v) is 5.04. The van der Waals surface area contributed by atoms with E-state index in [0.717, 1.165) is 18.4 Å². The van der Waals surface area contributed by atoms with Crippen LogP contribution in [0.1, 0.15) is 34.8 Å². The fourth-order valence-electron chi connectivity index (χ4n) is 3.68. The van der Waals surface area contributed by atoms with E-state index in [9.17, 15) is 14.0 Å².